The van der Waals surface area contributed by atoms with E-state index in [0.29, 0.717) is 17.1 Å². The van der Waals surface area contributed by atoms with Gasteiger partial charge in [-0.15, -0.1) is 0 Å². The number of benzene rings is 2. The maximum Gasteiger partial charge on any atom is 0.255 e. The standard InChI is InChI=1S/C19H17N3O2/c1-24-17-10-7-15(8-11-17)21-18-12-9-16(13-20-18)22-19(23)14-5-3-2-4-6-14/h2-13H,1H3,(H,20,21)(H,22,23). The number of ether oxygens (including phenoxy) is 1. The first-order chi connectivity index (χ1) is 11.7. The molecule has 0 aliphatic heterocycles. The van der Waals surface area contributed by atoms with Crippen molar-refractivity contribution >= 4 is 23.1 Å². The van der Waals surface area contributed by atoms with Crippen molar-refractivity contribution in [2.24, 2.45) is 0 Å². The molecular weight excluding hydrogens is 302 g/mol. The Labute approximate surface area is 140 Å². The lowest BCUT2D eigenvalue weighted by Gasteiger charge is -2.08. The van der Waals surface area contributed by atoms with Crippen LogP contribution in [0.1, 0.15) is 10.4 Å². The number of aromatic nitrogens is 1. The number of nitrogens with one attached hydrogen (secondary N) is 2. The van der Waals surface area contributed by atoms with Gasteiger partial charge >= 0.3 is 0 Å². The number of nitrogens with zero attached hydrogens (tertiary/aromatic N) is 1. The van der Waals surface area contributed by atoms with Crippen LogP contribution in [-0.2, 0) is 0 Å². The highest BCUT2D eigenvalue weighted by atomic mass is 16.5. The molecule has 2 N–H and O–H groups in total. The molecular formula is C19H17N3O2. The van der Waals surface area contributed by atoms with Crippen molar-refractivity contribution in [1.29, 1.82) is 0 Å². The average molecular weight is 319 g/mol. The second-order valence-electron chi connectivity index (χ2n) is 5.11. The first-order valence-corrected chi connectivity index (χ1v) is 7.48. The molecule has 1 amide bonds. The molecule has 0 unspecified atom stereocenters. The van der Waals surface area contributed by atoms with Crippen LogP contribution in [0.4, 0.5) is 17.2 Å². The zero-order chi connectivity index (χ0) is 16.8. The minimum absolute atomic E-state index is 0.159. The molecule has 0 saturated carbocycles. The molecule has 0 fully saturated rings. The Morgan fingerprint density at radius 2 is 1.62 bits per heavy atom. The fourth-order valence-corrected chi connectivity index (χ4v) is 2.16. The van der Waals surface area contributed by atoms with Crippen LogP contribution in [0.25, 0.3) is 0 Å². The molecule has 0 bridgehead atoms. The molecule has 0 aliphatic carbocycles. The Hall–Kier alpha value is -3.34. The van der Waals surface area contributed by atoms with Crippen molar-refractivity contribution in [3.8, 4) is 5.75 Å². The highest BCUT2D eigenvalue weighted by Crippen LogP contribution is 2.19. The van der Waals surface area contributed by atoms with Crippen LogP contribution < -0.4 is 15.4 Å². The van der Waals surface area contributed by atoms with Gasteiger partial charge in [0, 0.05) is 11.3 Å². The lowest BCUT2D eigenvalue weighted by molar-refractivity contribution is 0.102. The topological polar surface area (TPSA) is 63.2 Å². The molecule has 0 atom stereocenters. The minimum Gasteiger partial charge on any atom is -0.497 e. The Morgan fingerprint density at radius 1 is 0.917 bits per heavy atom. The first-order valence-electron chi connectivity index (χ1n) is 7.48. The van der Waals surface area contributed by atoms with Gasteiger partial charge < -0.3 is 15.4 Å². The molecule has 1 heterocycles. The minimum atomic E-state index is -0.159. The largest absolute Gasteiger partial charge is 0.497 e. The summed E-state index contributed by atoms with van der Waals surface area (Å²) in [6.45, 7) is 0. The second kappa shape index (κ2) is 7.28. The molecule has 3 aromatic rings. The number of carbonyl (C=O) groups is 1. The molecule has 5 heteroatoms. The quantitative estimate of drug-likeness (QED) is 0.743. The average Bonchev–Trinajstić information content (AvgIpc) is 2.65. The van der Waals surface area contributed by atoms with E-state index in [9.17, 15) is 4.79 Å². The molecule has 24 heavy (non-hydrogen) atoms. The van der Waals surface area contributed by atoms with Crippen molar-refractivity contribution in [2.45, 2.75) is 0 Å². The molecule has 0 saturated heterocycles. The summed E-state index contributed by atoms with van der Waals surface area (Å²) < 4.78 is 5.12. The van der Waals surface area contributed by atoms with Gasteiger partial charge in [-0.05, 0) is 48.5 Å². The predicted octanol–water partition coefficient (Wildman–Crippen LogP) is 4.09. The summed E-state index contributed by atoms with van der Waals surface area (Å²) in [5, 5.41) is 6.01. The Kier molecular flexibility index (Phi) is 4.72. The summed E-state index contributed by atoms with van der Waals surface area (Å²) in [5.41, 5.74) is 2.16. The van der Waals surface area contributed by atoms with Crippen LogP contribution in [0.15, 0.2) is 72.9 Å². The fraction of sp³-hybridized carbons (Fsp3) is 0.0526. The van der Waals surface area contributed by atoms with E-state index in [4.69, 9.17) is 4.74 Å². The maximum absolute atomic E-state index is 12.1. The van der Waals surface area contributed by atoms with Crippen molar-refractivity contribution in [2.75, 3.05) is 17.7 Å². The van der Waals surface area contributed by atoms with E-state index in [0.717, 1.165) is 11.4 Å². The van der Waals surface area contributed by atoms with Gasteiger partial charge in [-0.3, -0.25) is 4.79 Å². The van der Waals surface area contributed by atoms with Crippen molar-refractivity contribution in [3.63, 3.8) is 0 Å². The zero-order valence-electron chi connectivity index (χ0n) is 13.2. The highest BCUT2D eigenvalue weighted by molar-refractivity contribution is 6.04. The van der Waals surface area contributed by atoms with E-state index in [1.165, 1.54) is 0 Å². The smallest absolute Gasteiger partial charge is 0.255 e. The summed E-state index contributed by atoms with van der Waals surface area (Å²) in [6.07, 6.45) is 1.62. The van der Waals surface area contributed by atoms with Crippen LogP contribution in [0, 0.1) is 0 Å². The number of hydrogen-bond donors (Lipinski definition) is 2. The number of hydrogen-bond acceptors (Lipinski definition) is 4. The lowest BCUT2D eigenvalue weighted by atomic mass is 10.2. The molecule has 0 aliphatic rings. The van der Waals surface area contributed by atoms with Gasteiger partial charge in [0.1, 0.15) is 11.6 Å². The molecule has 0 radical (unpaired) electrons. The zero-order valence-corrected chi connectivity index (χ0v) is 13.2. The van der Waals surface area contributed by atoms with Crippen molar-refractivity contribution < 1.29 is 9.53 Å². The Bertz CT molecular complexity index is 800. The van der Waals surface area contributed by atoms with E-state index in [1.54, 1.807) is 31.5 Å². The van der Waals surface area contributed by atoms with E-state index in [1.807, 2.05) is 48.5 Å². The van der Waals surface area contributed by atoms with E-state index in [-0.39, 0.29) is 5.91 Å². The Morgan fingerprint density at radius 3 is 2.25 bits per heavy atom. The second-order valence-corrected chi connectivity index (χ2v) is 5.11. The highest BCUT2D eigenvalue weighted by Gasteiger charge is 2.05. The summed E-state index contributed by atoms with van der Waals surface area (Å²) in [4.78, 5) is 16.4. The van der Waals surface area contributed by atoms with E-state index >= 15 is 0 Å². The van der Waals surface area contributed by atoms with Crippen LogP contribution >= 0.6 is 0 Å². The maximum atomic E-state index is 12.1. The monoisotopic (exact) mass is 319 g/mol. The van der Waals surface area contributed by atoms with Gasteiger partial charge in [0.15, 0.2) is 0 Å². The Balaban J connectivity index is 1.63. The third kappa shape index (κ3) is 3.89. The van der Waals surface area contributed by atoms with Crippen LogP contribution in [0.5, 0.6) is 5.75 Å². The summed E-state index contributed by atoms with van der Waals surface area (Å²) in [5.74, 6) is 1.33. The number of methoxy groups -OCH3 is 1. The number of pyridine rings is 1. The van der Waals surface area contributed by atoms with E-state index in [2.05, 4.69) is 15.6 Å². The first kappa shape index (κ1) is 15.6. The van der Waals surface area contributed by atoms with Gasteiger partial charge in [0.2, 0.25) is 0 Å². The normalized spacial score (nSPS) is 10.0. The summed E-state index contributed by atoms with van der Waals surface area (Å²) in [6, 6.07) is 20.2. The SMILES string of the molecule is COc1ccc(Nc2ccc(NC(=O)c3ccccc3)cn2)cc1. The van der Waals surface area contributed by atoms with Crippen LogP contribution in [-0.4, -0.2) is 18.0 Å². The summed E-state index contributed by atoms with van der Waals surface area (Å²) >= 11 is 0. The van der Waals surface area contributed by atoms with Crippen molar-refractivity contribution in [1.82, 2.24) is 4.98 Å². The molecule has 2 aromatic carbocycles. The number of carbonyl (C=O) groups excluding carboxylic acids is 1. The van der Waals surface area contributed by atoms with Gasteiger partial charge in [-0.1, -0.05) is 18.2 Å². The third-order valence-corrected chi connectivity index (χ3v) is 3.42. The molecule has 0 spiro atoms. The number of rotatable bonds is 5. The molecule has 3 rings (SSSR count). The molecule has 1 aromatic heterocycles. The number of anilines is 3. The van der Waals surface area contributed by atoms with Gasteiger partial charge in [0.25, 0.3) is 5.91 Å². The van der Waals surface area contributed by atoms with E-state index < -0.39 is 0 Å². The van der Waals surface area contributed by atoms with Gasteiger partial charge in [-0.25, -0.2) is 4.98 Å². The number of amides is 1. The third-order valence-electron chi connectivity index (χ3n) is 3.42. The molecule has 120 valence electrons. The van der Waals surface area contributed by atoms with Crippen LogP contribution in [0.3, 0.4) is 0 Å². The fourth-order valence-electron chi connectivity index (χ4n) is 2.16. The predicted molar refractivity (Wildman–Crippen MR) is 94.9 cm³/mol. The summed E-state index contributed by atoms with van der Waals surface area (Å²) in [7, 11) is 1.63. The molecule has 5 nitrogen and oxygen atoms in total. The lowest BCUT2D eigenvalue weighted by Crippen LogP contribution is -2.11. The van der Waals surface area contributed by atoms with Gasteiger partial charge in [-0.2, -0.15) is 0 Å². The van der Waals surface area contributed by atoms with Crippen molar-refractivity contribution in [3.05, 3.63) is 78.5 Å². The van der Waals surface area contributed by atoms with Crippen LogP contribution in [0.2, 0.25) is 0 Å². The van der Waals surface area contributed by atoms with Gasteiger partial charge in [0.05, 0.1) is 19.0 Å².